The lowest BCUT2D eigenvalue weighted by Crippen LogP contribution is -2.36. The van der Waals surface area contributed by atoms with Crippen LogP contribution in [0.2, 0.25) is 0 Å². The summed E-state index contributed by atoms with van der Waals surface area (Å²) >= 11 is 1.75. The maximum Gasteiger partial charge on any atom is 0.251 e. The Hall–Kier alpha value is -2.80. The maximum absolute atomic E-state index is 12.7. The Kier molecular flexibility index (Phi) is 6.93. The van der Waals surface area contributed by atoms with Crippen molar-refractivity contribution < 1.29 is 14.4 Å². The van der Waals surface area contributed by atoms with E-state index in [9.17, 15) is 14.4 Å². The second-order valence-electron chi connectivity index (χ2n) is 6.89. The van der Waals surface area contributed by atoms with Crippen LogP contribution in [-0.4, -0.2) is 49.0 Å². The Bertz CT molecular complexity index is 898. The zero-order valence-electron chi connectivity index (χ0n) is 16.7. The molecule has 1 heterocycles. The topological polar surface area (TPSA) is 69.7 Å². The van der Waals surface area contributed by atoms with Gasteiger partial charge in [-0.3, -0.25) is 14.4 Å². The second-order valence-corrected chi connectivity index (χ2v) is 8.02. The number of fused-ring (bicyclic) bond motifs is 1. The molecule has 0 spiro atoms. The molecule has 0 saturated carbocycles. The Morgan fingerprint density at radius 3 is 2.52 bits per heavy atom. The predicted molar refractivity (Wildman–Crippen MR) is 115 cm³/mol. The monoisotopic (exact) mass is 411 g/mol. The molecular weight excluding hydrogens is 386 g/mol. The summed E-state index contributed by atoms with van der Waals surface area (Å²) in [4.78, 5) is 41.3. The first-order valence-corrected chi connectivity index (χ1v) is 10.6. The van der Waals surface area contributed by atoms with E-state index < -0.39 is 0 Å². The summed E-state index contributed by atoms with van der Waals surface area (Å²) in [6, 6.07) is 15.0. The normalized spacial score (nSPS) is 12.8. The number of thioether (sulfide) groups is 1. The molecule has 1 aliphatic rings. The number of carbonyl (C=O) groups excluding carboxylic acids is 3. The molecule has 3 rings (SSSR count). The fourth-order valence-corrected chi connectivity index (χ4v) is 4.23. The minimum Gasteiger partial charge on any atom is -0.355 e. The van der Waals surface area contributed by atoms with Gasteiger partial charge in [0.25, 0.3) is 5.91 Å². The summed E-state index contributed by atoms with van der Waals surface area (Å²) in [7, 11) is 3.32. The van der Waals surface area contributed by atoms with Gasteiger partial charge in [-0.1, -0.05) is 24.3 Å². The number of hydrogen-bond donors (Lipinski definition) is 1. The molecule has 0 saturated heterocycles. The summed E-state index contributed by atoms with van der Waals surface area (Å²) in [5.74, 6) is 0.628. The summed E-state index contributed by atoms with van der Waals surface area (Å²) in [5, 5.41) is 2.58. The van der Waals surface area contributed by atoms with Crippen LogP contribution >= 0.6 is 11.8 Å². The van der Waals surface area contributed by atoms with E-state index in [0.717, 1.165) is 21.9 Å². The number of benzene rings is 2. The first kappa shape index (κ1) is 20.9. The largest absolute Gasteiger partial charge is 0.355 e. The summed E-state index contributed by atoms with van der Waals surface area (Å²) < 4.78 is 0. The Balaban J connectivity index is 1.53. The number of nitrogens with zero attached hydrogens (tertiary/aromatic N) is 2. The molecule has 0 atom stereocenters. The van der Waals surface area contributed by atoms with E-state index in [-0.39, 0.29) is 30.6 Å². The first-order valence-electron chi connectivity index (χ1n) is 9.57. The Labute approximate surface area is 175 Å². The van der Waals surface area contributed by atoms with E-state index in [0.29, 0.717) is 18.7 Å². The smallest absolute Gasteiger partial charge is 0.251 e. The number of anilines is 1. The van der Waals surface area contributed by atoms with Crippen molar-refractivity contribution in [3.8, 4) is 0 Å². The van der Waals surface area contributed by atoms with E-state index in [4.69, 9.17) is 0 Å². The molecule has 2 aromatic carbocycles. The Morgan fingerprint density at radius 1 is 1.07 bits per heavy atom. The van der Waals surface area contributed by atoms with Crippen LogP contribution in [0.1, 0.15) is 28.8 Å². The average Bonchev–Trinajstić information content (AvgIpc) is 2.76. The highest BCUT2D eigenvalue weighted by atomic mass is 32.2. The number of amides is 3. The van der Waals surface area contributed by atoms with Crippen LogP contribution in [0.4, 0.5) is 5.69 Å². The molecule has 2 aromatic rings. The number of rotatable bonds is 6. The molecule has 0 aliphatic carbocycles. The van der Waals surface area contributed by atoms with Gasteiger partial charge in [0.1, 0.15) is 0 Å². The third-order valence-electron chi connectivity index (χ3n) is 4.87. The molecule has 152 valence electrons. The third kappa shape index (κ3) is 5.17. The standard InChI is InChI=1S/C22H25N3O3S/c1-23-22(28)17-9-7-16(8-10-17)15-24(2)20(26)11-12-21(27)25-13-14-29-19-6-4-3-5-18(19)25/h3-10H,11-15H2,1-2H3,(H,23,28). The van der Waals surface area contributed by atoms with E-state index in [1.807, 2.05) is 36.4 Å². The lowest BCUT2D eigenvalue weighted by atomic mass is 10.1. The number of para-hydroxylation sites is 1. The predicted octanol–water partition coefficient (Wildman–Crippen LogP) is 2.92. The minimum atomic E-state index is -0.142. The lowest BCUT2D eigenvalue weighted by molar-refractivity contribution is -0.132. The molecule has 0 aromatic heterocycles. The quantitative estimate of drug-likeness (QED) is 0.794. The summed E-state index contributed by atoms with van der Waals surface area (Å²) in [6.07, 6.45) is 0.370. The SMILES string of the molecule is CNC(=O)c1ccc(CN(C)C(=O)CCC(=O)N2CCSc3ccccc32)cc1. The van der Waals surface area contributed by atoms with Crippen LogP contribution in [0.15, 0.2) is 53.4 Å². The van der Waals surface area contributed by atoms with Crippen molar-refractivity contribution in [3.63, 3.8) is 0 Å². The molecule has 0 radical (unpaired) electrons. The average molecular weight is 412 g/mol. The molecule has 7 heteroatoms. The summed E-state index contributed by atoms with van der Waals surface area (Å²) in [5.41, 5.74) is 2.45. The van der Waals surface area contributed by atoms with E-state index in [1.165, 1.54) is 0 Å². The summed E-state index contributed by atoms with van der Waals surface area (Å²) in [6.45, 7) is 1.10. The van der Waals surface area contributed by atoms with Gasteiger partial charge in [-0.15, -0.1) is 11.8 Å². The molecule has 1 aliphatic heterocycles. The third-order valence-corrected chi connectivity index (χ3v) is 5.91. The van der Waals surface area contributed by atoms with Gasteiger partial charge in [-0.25, -0.2) is 0 Å². The molecular formula is C22H25N3O3S. The van der Waals surface area contributed by atoms with Crippen LogP contribution < -0.4 is 10.2 Å². The van der Waals surface area contributed by atoms with Crippen molar-refractivity contribution in [1.82, 2.24) is 10.2 Å². The lowest BCUT2D eigenvalue weighted by Gasteiger charge is -2.29. The molecule has 0 bridgehead atoms. The molecule has 0 fully saturated rings. The first-order chi connectivity index (χ1) is 14.0. The zero-order chi connectivity index (χ0) is 20.8. The highest BCUT2D eigenvalue weighted by molar-refractivity contribution is 7.99. The van der Waals surface area contributed by atoms with Crippen molar-refractivity contribution in [3.05, 3.63) is 59.7 Å². The minimum absolute atomic E-state index is 0.0190. The van der Waals surface area contributed by atoms with Gasteiger partial charge in [0.15, 0.2) is 0 Å². The van der Waals surface area contributed by atoms with Crippen molar-refractivity contribution in [2.24, 2.45) is 0 Å². The van der Waals surface area contributed by atoms with Gasteiger partial charge >= 0.3 is 0 Å². The van der Waals surface area contributed by atoms with E-state index in [1.54, 1.807) is 47.8 Å². The Morgan fingerprint density at radius 2 is 1.79 bits per heavy atom. The van der Waals surface area contributed by atoms with Gasteiger partial charge in [0, 0.05) is 56.2 Å². The number of hydrogen-bond acceptors (Lipinski definition) is 4. The number of nitrogens with one attached hydrogen (secondary N) is 1. The van der Waals surface area contributed by atoms with Crippen LogP contribution in [0.3, 0.4) is 0 Å². The van der Waals surface area contributed by atoms with Gasteiger partial charge in [-0.2, -0.15) is 0 Å². The van der Waals surface area contributed by atoms with Gasteiger partial charge in [0.05, 0.1) is 5.69 Å². The highest BCUT2D eigenvalue weighted by Gasteiger charge is 2.23. The van der Waals surface area contributed by atoms with Crippen LogP contribution in [0.25, 0.3) is 0 Å². The van der Waals surface area contributed by atoms with Crippen molar-refractivity contribution >= 4 is 35.2 Å². The molecule has 3 amide bonds. The van der Waals surface area contributed by atoms with Gasteiger partial charge < -0.3 is 15.1 Å². The van der Waals surface area contributed by atoms with Gasteiger partial charge in [0.2, 0.25) is 11.8 Å². The molecule has 1 N–H and O–H groups in total. The van der Waals surface area contributed by atoms with Crippen LogP contribution in [0, 0.1) is 0 Å². The fraction of sp³-hybridized carbons (Fsp3) is 0.318. The van der Waals surface area contributed by atoms with E-state index in [2.05, 4.69) is 5.32 Å². The number of carbonyl (C=O) groups is 3. The van der Waals surface area contributed by atoms with Crippen LogP contribution in [-0.2, 0) is 16.1 Å². The molecule has 29 heavy (non-hydrogen) atoms. The van der Waals surface area contributed by atoms with Crippen molar-refractivity contribution in [1.29, 1.82) is 0 Å². The molecule has 0 unspecified atom stereocenters. The second kappa shape index (κ2) is 9.60. The zero-order valence-corrected chi connectivity index (χ0v) is 17.5. The van der Waals surface area contributed by atoms with Crippen molar-refractivity contribution in [2.45, 2.75) is 24.3 Å². The van der Waals surface area contributed by atoms with Gasteiger partial charge in [-0.05, 0) is 29.8 Å². The molecule has 6 nitrogen and oxygen atoms in total. The maximum atomic E-state index is 12.7. The van der Waals surface area contributed by atoms with Crippen molar-refractivity contribution in [2.75, 3.05) is 31.3 Å². The fourth-order valence-electron chi connectivity index (χ4n) is 3.24. The van der Waals surface area contributed by atoms with Crippen LogP contribution in [0.5, 0.6) is 0 Å². The van der Waals surface area contributed by atoms with E-state index >= 15 is 0 Å². The highest BCUT2D eigenvalue weighted by Crippen LogP contribution is 2.34.